The molecule has 1 unspecified atom stereocenters. The van der Waals surface area contributed by atoms with E-state index >= 15 is 0 Å². The van der Waals surface area contributed by atoms with Gasteiger partial charge in [0, 0.05) is 10.6 Å². The molecule has 0 spiro atoms. The van der Waals surface area contributed by atoms with Gasteiger partial charge in [-0.3, -0.25) is 10.2 Å². The minimum Gasteiger partial charge on any atom is -0.476 e. The van der Waals surface area contributed by atoms with Gasteiger partial charge < -0.3 is 4.74 Å². The number of nitrogens with two attached hydrogens (primary N) is 1. The van der Waals surface area contributed by atoms with E-state index in [0.29, 0.717) is 10.8 Å². The highest BCUT2D eigenvalue weighted by atomic mass is 35.5. The van der Waals surface area contributed by atoms with Gasteiger partial charge in [0.05, 0.1) is 0 Å². The Hall–Kier alpha value is -2.04. The Kier molecular flexibility index (Phi) is 4.83. The van der Waals surface area contributed by atoms with Crippen molar-refractivity contribution >= 4 is 17.5 Å². The van der Waals surface area contributed by atoms with Gasteiger partial charge >= 0.3 is 0 Å². The molecular formula is C16H17ClN2O2. The van der Waals surface area contributed by atoms with Gasteiger partial charge in [0.1, 0.15) is 5.75 Å². The highest BCUT2D eigenvalue weighted by molar-refractivity contribution is 6.32. The zero-order valence-corrected chi connectivity index (χ0v) is 12.6. The number of carbonyl (C=O) groups is 1. The van der Waals surface area contributed by atoms with Crippen LogP contribution in [0.1, 0.15) is 22.8 Å². The lowest BCUT2D eigenvalue weighted by molar-refractivity contribution is -0.128. The fourth-order valence-electron chi connectivity index (χ4n) is 2.09. The number of amides is 1. The third-order valence-electron chi connectivity index (χ3n) is 3.15. The van der Waals surface area contributed by atoms with E-state index in [2.05, 4.69) is 5.43 Å². The van der Waals surface area contributed by atoms with E-state index in [1.54, 1.807) is 12.1 Å². The SMILES string of the molecule is Cc1cc(OC(C(=O)NN)c2ccccc2)cc(C)c1Cl. The summed E-state index contributed by atoms with van der Waals surface area (Å²) in [5.41, 5.74) is 4.65. The first-order chi connectivity index (χ1) is 10.0. The van der Waals surface area contributed by atoms with Crippen molar-refractivity contribution in [2.75, 3.05) is 0 Å². The summed E-state index contributed by atoms with van der Waals surface area (Å²) < 4.78 is 5.82. The highest BCUT2D eigenvalue weighted by Crippen LogP contribution is 2.29. The molecule has 0 aromatic heterocycles. The molecule has 110 valence electrons. The molecule has 4 nitrogen and oxygen atoms in total. The van der Waals surface area contributed by atoms with E-state index < -0.39 is 12.0 Å². The second-order valence-corrected chi connectivity index (χ2v) is 5.17. The van der Waals surface area contributed by atoms with Crippen LogP contribution >= 0.6 is 11.6 Å². The highest BCUT2D eigenvalue weighted by Gasteiger charge is 2.22. The second kappa shape index (κ2) is 6.61. The number of benzene rings is 2. The fourth-order valence-corrected chi connectivity index (χ4v) is 2.20. The van der Waals surface area contributed by atoms with Crippen LogP contribution in [0.2, 0.25) is 5.02 Å². The lowest BCUT2D eigenvalue weighted by atomic mass is 10.1. The predicted molar refractivity (Wildman–Crippen MR) is 83.1 cm³/mol. The number of hydrazine groups is 1. The molecule has 2 aromatic rings. The molecule has 0 saturated heterocycles. The van der Waals surface area contributed by atoms with E-state index in [1.807, 2.05) is 44.2 Å². The van der Waals surface area contributed by atoms with Crippen molar-refractivity contribution in [2.45, 2.75) is 20.0 Å². The van der Waals surface area contributed by atoms with Crippen LogP contribution in [0.25, 0.3) is 0 Å². The topological polar surface area (TPSA) is 64.3 Å². The van der Waals surface area contributed by atoms with E-state index in [1.165, 1.54) is 0 Å². The molecule has 0 radical (unpaired) electrons. The third kappa shape index (κ3) is 3.54. The van der Waals surface area contributed by atoms with Gasteiger partial charge in [-0.2, -0.15) is 0 Å². The first-order valence-electron chi connectivity index (χ1n) is 6.51. The molecular weight excluding hydrogens is 288 g/mol. The molecule has 0 aliphatic carbocycles. The summed E-state index contributed by atoms with van der Waals surface area (Å²) in [5, 5.41) is 0.696. The summed E-state index contributed by atoms with van der Waals surface area (Å²) in [5.74, 6) is 5.41. The monoisotopic (exact) mass is 304 g/mol. The fraction of sp³-hybridized carbons (Fsp3) is 0.188. The molecule has 1 atom stereocenters. The molecule has 2 rings (SSSR count). The van der Waals surface area contributed by atoms with Gasteiger partial charge in [0.2, 0.25) is 6.10 Å². The number of carbonyl (C=O) groups excluding carboxylic acids is 1. The molecule has 1 amide bonds. The minimum absolute atomic E-state index is 0.411. The van der Waals surface area contributed by atoms with Gasteiger partial charge in [-0.1, -0.05) is 41.9 Å². The number of ether oxygens (including phenoxy) is 1. The molecule has 3 N–H and O–H groups in total. The summed E-state index contributed by atoms with van der Waals surface area (Å²) in [6, 6.07) is 12.8. The van der Waals surface area contributed by atoms with Crippen LogP contribution in [0.5, 0.6) is 5.75 Å². The predicted octanol–water partition coefficient (Wildman–Crippen LogP) is 3.07. The molecule has 5 heteroatoms. The second-order valence-electron chi connectivity index (χ2n) is 4.79. The largest absolute Gasteiger partial charge is 0.476 e. The first kappa shape index (κ1) is 15.4. The number of aryl methyl sites for hydroxylation is 2. The average molecular weight is 305 g/mol. The molecule has 0 aliphatic rings. The Bertz CT molecular complexity index is 621. The van der Waals surface area contributed by atoms with E-state index in [4.69, 9.17) is 22.2 Å². The van der Waals surface area contributed by atoms with Crippen molar-refractivity contribution < 1.29 is 9.53 Å². The van der Waals surface area contributed by atoms with Crippen LogP contribution in [0, 0.1) is 13.8 Å². The van der Waals surface area contributed by atoms with Crippen molar-refractivity contribution in [3.63, 3.8) is 0 Å². The van der Waals surface area contributed by atoms with E-state index in [-0.39, 0.29) is 0 Å². The van der Waals surface area contributed by atoms with Gasteiger partial charge in [0.25, 0.3) is 5.91 Å². The Morgan fingerprint density at radius 3 is 2.29 bits per heavy atom. The first-order valence-corrected chi connectivity index (χ1v) is 6.89. The molecule has 0 bridgehead atoms. The van der Waals surface area contributed by atoms with Crippen LogP contribution in [-0.2, 0) is 4.79 Å². The summed E-state index contributed by atoms with van der Waals surface area (Å²) in [6.07, 6.45) is -0.809. The van der Waals surface area contributed by atoms with Gasteiger partial charge in [-0.05, 0) is 37.1 Å². The Labute approximate surface area is 128 Å². The number of halogens is 1. The standard InChI is InChI=1S/C16H17ClN2O2/c1-10-8-13(9-11(2)14(10)17)21-15(16(20)19-18)12-6-4-3-5-7-12/h3-9,15H,18H2,1-2H3,(H,19,20). The zero-order chi connectivity index (χ0) is 15.4. The van der Waals surface area contributed by atoms with Crippen molar-refractivity contribution in [3.8, 4) is 5.75 Å². The Balaban J connectivity index is 2.34. The molecule has 0 heterocycles. The lowest BCUT2D eigenvalue weighted by Gasteiger charge is -2.19. The minimum atomic E-state index is -0.809. The van der Waals surface area contributed by atoms with Crippen LogP contribution in [0.15, 0.2) is 42.5 Å². The van der Waals surface area contributed by atoms with Gasteiger partial charge in [-0.25, -0.2) is 5.84 Å². The number of rotatable bonds is 4. The van der Waals surface area contributed by atoms with Crippen LogP contribution in [0.4, 0.5) is 0 Å². The van der Waals surface area contributed by atoms with Gasteiger partial charge in [-0.15, -0.1) is 0 Å². The van der Waals surface area contributed by atoms with E-state index in [9.17, 15) is 4.79 Å². The van der Waals surface area contributed by atoms with E-state index in [0.717, 1.165) is 16.7 Å². The summed E-state index contributed by atoms with van der Waals surface area (Å²) in [6.45, 7) is 3.78. The molecule has 0 aliphatic heterocycles. The van der Waals surface area contributed by atoms with Crippen LogP contribution in [0.3, 0.4) is 0 Å². The van der Waals surface area contributed by atoms with Crippen molar-refractivity contribution in [1.29, 1.82) is 0 Å². The number of hydrogen-bond acceptors (Lipinski definition) is 3. The molecule has 21 heavy (non-hydrogen) atoms. The summed E-state index contributed by atoms with van der Waals surface area (Å²) in [7, 11) is 0. The maximum absolute atomic E-state index is 12.0. The third-order valence-corrected chi connectivity index (χ3v) is 3.74. The lowest BCUT2D eigenvalue weighted by Crippen LogP contribution is -2.37. The quantitative estimate of drug-likeness (QED) is 0.518. The van der Waals surface area contributed by atoms with Crippen LogP contribution in [-0.4, -0.2) is 5.91 Å². The van der Waals surface area contributed by atoms with Crippen molar-refractivity contribution in [3.05, 3.63) is 64.2 Å². The zero-order valence-electron chi connectivity index (χ0n) is 11.9. The smallest absolute Gasteiger partial charge is 0.279 e. The number of hydrogen-bond donors (Lipinski definition) is 2. The van der Waals surface area contributed by atoms with Gasteiger partial charge in [0.15, 0.2) is 0 Å². The summed E-state index contributed by atoms with van der Waals surface area (Å²) >= 11 is 6.14. The Morgan fingerprint density at radius 2 is 1.76 bits per heavy atom. The number of nitrogens with one attached hydrogen (secondary N) is 1. The van der Waals surface area contributed by atoms with Crippen molar-refractivity contribution in [1.82, 2.24) is 5.43 Å². The molecule has 0 fully saturated rings. The molecule has 2 aromatic carbocycles. The summed E-state index contributed by atoms with van der Waals surface area (Å²) in [4.78, 5) is 12.0. The average Bonchev–Trinajstić information content (AvgIpc) is 2.50. The maximum Gasteiger partial charge on any atom is 0.279 e. The maximum atomic E-state index is 12.0. The molecule has 0 saturated carbocycles. The van der Waals surface area contributed by atoms with Crippen LogP contribution < -0.4 is 16.0 Å². The Morgan fingerprint density at radius 1 is 1.19 bits per heavy atom. The van der Waals surface area contributed by atoms with Crippen molar-refractivity contribution in [2.24, 2.45) is 5.84 Å². The normalized spacial score (nSPS) is 11.8.